The van der Waals surface area contributed by atoms with Crippen LogP contribution < -0.4 is 0 Å². The lowest BCUT2D eigenvalue weighted by atomic mass is 9.78. The maximum absolute atomic E-state index is 10.8. The SMILES string of the molecule is COC1(c2ncc(C(=O)O)cn2)CCCC(C)C1. The normalized spacial score (nSPS) is 28.0. The molecule has 0 radical (unpaired) electrons. The molecule has 1 saturated carbocycles. The van der Waals surface area contributed by atoms with Crippen molar-refractivity contribution in [3.63, 3.8) is 0 Å². The molecule has 2 rings (SSSR count). The van der Waals surface area contributed by atoms with Gasteiger partial charge in [-0.3, -0.25) is 0 Å². The number of rotatable bonds is 3. The molecule has 0 bridgehead atoms. The third-order valence-corrected chi connectivity index (χ3v) is 3.65. The number of hydrogen-bond donors (Lipinski definition) is 1. The van der Waals surface area contributed by atoms with Crippen LogP contribution in [0.15, 0.2) is 12.4 Å². The van der Waals surface area contributed by atoms with Crippen LogP contribution in [0.4, 0.5) is 0 Å². The molecule has 1 fully saturated rings. The Balaban J connectivity index is 2.29. The summed E-state index contributed by atoms with van der Waals surface area (Å²) in [5.41, 5.74) is -0.344. The smallest absolute Gasteiger partial charge is 0.338 e. The van der Waals surface area contributed by atoms with Crippen molar-refractivity contribution in [2.24, 2.45) is 5.92 Å². The standard InChI is InChI=1S/C13H18N2O3/c1-9-4-3-5-13(6-9,18-2)12-14-7-10(8-15-12)11(16)17/h7-9H,3-6H2,1-2H3,(H,16,17). The first-order valence-electron chi connectivity index (χ1n) is 6.18. The number of hydrogen-bond acceptors (Lipinski definition) is 4. The van der Waals surface area contributed by atoms with Crippen molar-refractivity contribution < 1.29 is 14.6 Å². The van der Waals surface area contributed by atoms with E-state index in [2.05, 4.69) is 16.9 Å². The van der Waals surface area contributed by atoms with Crippen LogP contribution in [0.5, 0.6) is 0 Å². The Kier molecular flexibility index (Phi) is 3.61. The Hall–Kier alpha value is -1.49. The number of carboxylic acid groups (broad SMARTS) is 1. The van der Waals surface area contributed by atoms with Crippen LogP contribution in [0.25, 0.3) is 0 Å². The molecule has 5 nitrogen and oxygen atoms in total. The molecule has 1 aromatic rings. The summed E-state index contributed by atoms with van der Waals surface area (Å²) in [7, 11) is 1.67. The van der Waals surface area contributed by atoms with Crippen molar-refractivity contribution in [2.45, 2.75) is 38.2 Å². The van der Waals surface area contributed by atoms with E-state index in [4.69, 9.17) is 9.84 Å². The second-order valence-corrected chi connectivity index (χ2v) is 5.00. The van der Waals surface area contributed by atoms with Gasteiger partial charge in [-0.05, 0) is 25.2 Å². The average molecular weight is 250 g/mol. The molecule has 0 saturated heterocycles. The van der Waals surface area contributed by atoms with Gasteiger partial charge in [-0.25, -0.2) is 14.8 Å². The summed E-state index contributed by atoms with van der Waals surface area (Å²) < 4.78 is 5.66. The molecule has 2 atom stereocenters. The molecule has 1 N–H and O–H groups in total. The second kappa shape index (κ2) is 5.02. The molecular weight excluding hydrogens is 232 g/mol. The lowest BCUT2D eigenvalue weighted by Crippen LogP contribution is -2.36. The van der Waals surface area contributed by atoms with Gasteiger partial charge in [0.05, 0.1) is 5.56 Å². The molecule has 1 heterocycles. The number of aromatic nitrogens is 2. The molecule has 98 valence electrons. The first-order chi connectivity index (χ1) is 8.57. The van der Waals surface area contributed by atoms with Gasteiger partial charge in [0.2, 0.25) is 0 Å². The molecular formula is C13H18N2O3. The predicted octanol–water partition coefficient (Wildman–Crippen LogP) is 2.23. The minimum absolute atomic E-state index is 0.105. The fraction of sp³-hybridized carbons (Fsp3) is 0.615. The van der Waals surface area contributed by atoms with E-state index < -0.39 is 11.6 Å². The minimum atomic E-state index is -1.01. The van der Waals surface area contributed by atoms with E-state index in [0.717, 1.165) is 19.3 Å². The van der Waals surface area contributed by atoms with Crippen molar-refractivity contribution in [3.05, 3.63) is 23.8 Å². The summed E-state index contributed by atoms with van der Waals surface area (Å²) in [4.78, 5) is 19.1. The van der Waals surface area contributed by atoms with Crippen LogP contribution in [-0.2, 0) is 10.3 Å². The first-order valence-corrected chi connectivity index (χ1v) is 6.18. The fourth-order valence-corrected chi connectivity index (χ4v) is 2.66. The van der Waals surface area contributed by atoms with Crippen molar-refractivity contribution in [1.82, 2.24) is 9.97 Å². The highest BCUT2D eigenvalue weighted by molar-refractivity contribution is 5.86. The third kappa shape index (κ3) is 2.36. The van der Waals surface area contributed by atoms with Crippen molar-refractivity contribution in [1.29, 1.82) is 0 Å². The maximum atomic E-state index is 10.8. The van der Waals surface area contributed by atoms with E-state index in [1.54, 1.807) is 7.11 Å². The number of carboxylic acids is 1. The zero-order valence-electron chi connectivity index (χ0n) is 10.7. The van der Waals surface area contributed by atoms with Crippen LogP contribution in [0.2, 0.25) is 0 Å². The highest BCUT2D eigenvalue weighted by Gasteiger charge is 2.39. The minimum Gasteiger partial charge on any atom is -0.478 e. The lowest BCUT2D eigenvalue weighted by molar-refractivity contribution is -0.0646. The molecule has 1 aliphatic carbocycles. The molecule has 1 aliphatic rings. The van der Waals surface area contributed by atoms with Gasteiger partial charge in [0.25, 0.3) is 0 Å². The number of nitrogens with zero attached hydrogens (tertiary/aromatic N) is 2. The summed E-state index contributed by atoms with van der Waals surface area (Å²) in [6, 6.07) is 0. The molecule has 1 aromatic heterocycles. The fourth-order valence-electron chi connectivity index (χ4n) is 2.66. The van der Waals surface area contributed by atoms with Crippen LogP contribution in [0, 0.1) is 5.92 Å². The molecule has 0 aromatic carbocycles. The zero-order valence-corrected chi connectivity index (χ0v) is 10.7. The number of ether oxygens (including phenoxy) is 1. The second-order valence-electron chi connectivity index (χ2n) is 5.00. The van der Waals surface area contributed by atoms with Crippen LogP contribution >= 0.6 is 0 Å². The first kappa shape index (κ1) is 13.0. The van der Waals surface area contributed by atoms with Gasteiger partial charge in [-0.15, -0.1) is 0 Å². The largest absolute Gasteiger partial charge is 0.478 e. The van der Waals surface area contributed by atoms with Gasteiger partial charge in [0, 0.05) is 19.5 Å². The van der Waals surface area contributed by atoms with Crippen molar-refractivity contribution >= 4 is 5.97 Å². The number of carbonyl (C=O) groups is 1. The maximum Gasteiger partial charge on any atom is 0.338 e. The molecule has 5 heteroatoms. The summed E-state index contributed by atoms with van der Waals surface area (Å²) in [5, 5.41) is 8.84. The van der Waals surface area contributed by atoms with E-state index in [1.807, 2.05) is 0 Å². The summed E-state index contributed by atoms with van der Waals surface area (Å²) >= 11 is 0. The highest BCUT2D eigenvalue weighted by atomic mass is 16.5. The van der Waals surface area contributed by atoms with Gasteiger partial charge in [0.1, 0.15) is 5.60 Å². The Labute approximate surface area is 106 Å². The number of aromatic carboxylic acids is 1. The van der Waals surface area contributed by atoms with Gasteiger partial charge in [-0.2, -0.15) is 0 Å². The van der Waals surface area contributed by atoms with Gasteiger partial charge >= 0.3 is 5.97 Å². The number of methoxy groups -OCH3 is 1. The molecule has 0 aliphatic heterocycles. The van der Waals surface area contributed by atoms with E-state index in [-0.39, 0.29) is 5.56 Å². The highest BCUT2D eigenvalue weighted by Crippen LogP contribution is 2.40. The Morgan fingerprint density at radius 2 is 2.17 bits per heavy atom. The molecule has 0 amide bonds. The predicted molar refractivity (Wildman–Crippen MR) is 65.3 cm³/mol. The Morgan fingerprint density at radius 3 is 2.67 bits per heavy atom. The topological polar surface area (TPSA) is 72.3 Å². The molecule has 18 heavy (non-hydrogen) atoms. The van der Waals surface area contributed by atoms with Crippen LogP contribution in [-0.4, -0.2) is 28.2 Å². The Morgan fingerprint density at radius 1 is 1.50 bits per heavy atom. The Bertz CT molecular complexity index is 432. The lowest BCUT2D eigenvalue weighted by Gasteiger charge is -2.37. The average Bonchev–Trinajstić information content (AvgIpc) is 2.38. The van der Waals surface area contributed by atoms with E-state index >= 15 is 0 Å². The van der Waals surface area contributed by atoms with Crippen molar-refractivity contribution in [3.8, 4) is 0 Å². The molecule has 2 unspecified atom stereocenters. The van der Waals surface area contributed by atoms with E-state index in [1.165, 1.54) is 18.8 Å². The third-order valence-electron chi connectivity index (χ3n) is 3.65. The summed E-state index contributed by atoms with van der Waals surface area (Å²) in [5.74, 6) is 0.160. The van der Waals surface area contributed by atoms with Gasteiger partial charge < -0.3 is 9.84 Å². The van der Waals surface area contributed by atoms with Crippen LogP contribution in [0.3, 0.4) is 0 Å². The van der Waals surface area contributed by atoms with Gasteiger partial charge in [0.15, 0.2) is 5.82 Å². The van der Waals surface area contributed by atoms with Crippen molar-refractivity contribution in [2.75, 3.05) is 7.11 Å². The van der Waals surface area contributed by atoms with Crippen LogP contribution in [0.1, 0.15) is 48.8 Å². The van der Waals surface area contributed by atoms with Gasteiger partial charge in [-0.1, -0.05) is 13.3 Å². The summed E-state index contributed by atoms with van der Waals surface area (Å²) in [6.45, 7) is 2.19. The monoisotopic (exact) mass is 250 g/mol. The van der Waals surface area contributed by atoms with E-state index in [0.29, 0.717) is 11.7 Å². The summed E-state index contributed by atoms with van der Waals surface area (Å²) in [6.07, 6.45) is 6.75. The van der Waals surface area contributed by atoms with E-state index in [9.17, 15) is 4.79 Å². The molecule has 0 spiro atoms. The zero-order chi connectivity index (χ0) is 13.2. The quantitative estimate of drug-likeness (QED) is 0.890.